The topological polar surface area (TPSA) is 72.0 Å². The molecule has 2 aromatic rings. The van der Waals surface area contributed by atoms with E-state index in [1.807, 2.05) is 0 Å². The van der Waals surface area contributed by atoms with Gasteiger partial charge in [-0.25, -0.2) is 18.4 Å². The van der Waals surface area contributed by atoms with Crippen LogP contribution in [0, 0.1) is 0 Å². The Labute approximate surface area is 104 Å². The molecule has 0 aliphatic rings. The predicted molar refractivity (Wildman–Crippen MR) is 64.3 cm³/mol. The fourth-order valence-corrected chi connectivity index (χ4v) is 2.74. The molecular formula is C10H8ClN3O2S. The molecule has 1 aromatic carbocycles. The van der Waals surface area contributed by atoms with Crippen molar-refractivity contribution in [3.8, 4) is 0 Å². The molecule has 0 bridgehead atoms. The maximum atomic E-state index is 12.0. The molecule has 1 aromatic heterocycles. The number of hydrogen-bond donors (Lipinski definition) is 1. The summed E-state index contributed by atoms with van der Waals surface area (Å²) in [5.41, 5.74) is 0. The van der Waals surface area contributed by atoms with Crippen molar-refractivity contribution in [3.05, 3.63) is 47.9 Å². The van der Waals surface area contributed by atoms with Crippen molar-refractivity contribution in [2.24, 2.45) is 0 Å². The first-order valence-corrected chi connectivity index (χ1v) is 6.49. The molecule has 5 nitrogen and oxygen atoms in total. The predicted octanol–water partition coefficient (Wildman–Crippen LogP) is 1.93. The second-order valence-corrected chi connectivity index (χ2v) is 5.19. The molecule has 0 radical (unpaired) electrons. The maximum Gasteiger partial charge on any atom is 0.264 e. The second kappa shape index (κ2) is 4.68. The highest BCUT2D eigenvalue weighted by Gasteiger charge is 2.17. The van der Waals surface area contributed by atoms with Gasteiger partial charge in [0.1, 0.15) is 17.0 Å². The fourth-order valence-electron chi connectivity index (χ4n) is 1.21. The standard InChI is InChI=1S/C10H8ClN3O2S/c11-8-3-1-2-4-9(8)17(15,16)14-10-5-6-12-7-13-10/h1-7H,(H,12,13,14). The molecule has 88 valence electrons. The van der Waals surface area contributed by atoms with Crippen molar-refractivity contribution in [2.75, 3.05) is 4.72 Å². The first-order chi connectivity index (χ1) is 8.09. The number of anilines is 1. The SMILES string of the molecule is O=S(=O)(Nc1ccncn1)c1ccccc1Cl. The quantitative estimate of drug-likeness (QED) is 0.924. The van der Waals surface area contributed by atoms with Gasteiger partial charge in [-0.3, -0.25) is 4.72 Å². The minimum atomic E-state index is -3.72. The summed E-state index contributed by atoms with van der Waals surface area (Å²) in [5.74, 6) is 0.194. The molecule has 0 saturated heterocycles. The van der Waals surface area contributed by atoms with Gasteiger partial charge in [0.15, 0.2) is 0 Å². The first-order valence-electron chi connectivity index (χ1n) is 4.63. The summed E-state index contributed by atoms with van der Waals surface area (Å²) >= 11 is 5.82. The highest BCUT2D eigenvalue weighted by atomic mass is 35.5. The Morgan fingerprint density at radius 1 is 1.18 bits per heavy atom. The minimum absolute atomic E-state index is 0.0141. The highest BCUT2D eigenvalue weighted by Crippen LogP contribution is 2.22. The third-order valence-electron chi connectivity index (χ3n) is 1.95. The monoisotopic (exact) mass is 269 g/mol. The van der Waals surface area contributed by atoms with Crippen LogP contribution < -0.4 is 4.72 Å². The lowest BCUT2D eigenvalue weighted by atomic mass is 10.4. The van der Waals surface area contributed by atoms with Crippen LogP contribution in [-0.2, 0) is 10.0 Å². The van der Waals surface area contributed by atoms with E-state index in [0.717, 1.165) is 0 Å². The summed E-state index contributed by atoms with van der Waals surface area (Å²) in [5, 5.41) is 0.161. The maximum absolute atomic E-state index is 12.0. The van der Waals surface area contributed by atoms with Gasteiger partial charge in [0.2, 0.25) is 0 Å². The van der Waals surface area contributed by atoms with Gasteiger partial charge in [0.25, 0.3) is 10.0 Å². The van der Waals surface area contributed by atoms with E-state index in [1.54, 1.807) is 12.1 Å². The molecular weight excluding hydrogens is 262 g/mol. The van der Waals surface area contributed by atoms with Gasteiger partial charge < -0.3 is 0 Å². The van der Waals surface area contributed by atoms with Crippen LogP contribution in [0.4, 0.5) is 5.82 Å². The van der Waals surface area contributed by atoms with Crippen molar-refractivity contribution < 1.29 is 8.42 Å². The lowest BCUT2D eigenvalue weighted by Gasteiger charge is -2.07. The molecule has 1 N–H and O–H groups in total. The fraction of sp³-hybridized carbons (Fsp3) is 0. The Morgan fingerprint density at radius 2 is 1.94 bits per heavy atom. The van der Waals surface area contributed by atoms with Crippen LogP contribution >= 0.6 is 11.6 Å². The number of nitrogens with zero attached hydrogens (tertiary/aromatic N) is 2. The Hall–Kier alpha value is -1.66. The molecule has 0 aliphatic carbocycles. The number of halogens is 1. The molecule has 7 heteroatoms. The van der Waals surface area contributed by atoms with Crippen LogP contribution in [0.1, 0.15) is 0 Å². The van der Waals surface area contributed by atoms with Crippen LogP contribution in [0.15, 0.2) is 47.8 Å². The number of nitrogens with one attached hydrogen (secondary N) is 1. The number of hydrogen-bond acceptors (Lipinski definition) is 4. The van der Waals surface area contributed by atoms with Gasteiger partial charge in [-0.1, -0.05) is 23.7 Å². The molecule has 0 amide bonds. The van der Waals surface area contributed by atoms with Crippen molar-refractivity contribution in [1.82, 2.24) is 9.97 Å². The van der Waals surface area contributed by atoms with E-state index < -0.39 is 10.0 Å². The summed E-state index contributed by atoms with van der Waals surface area (Å²) in [6.45, 7) is 0. The summed E-state index contributed by atoms with van der Waals surface area (Å²) < 4.78 is 26.2. The van der Waals surface area contributed by atoms with E-state index in [2.05, 4.69) is 14.7 Å². The van der Waals surface area contributed by atoms with E-state index in [-0.39, 0.29) is 15.7 Å². The van der Waals surface area contributed by atoms with E-state index >= 15 is 0 Å². The molecule has 0 fully saturated rings. The van der Waals surface area contributed by atoms with Crippen LogP contribution in [0.3, 0.4) is 0 Å². The van der Waals surface area contributed by atoms with Crippen molar-refractivity contribution in [3.63, 3.8) is 0 Å². The zero-order chi connectivity index (χ0) is 12.3. The van der Waals surface area contributed by atoms with Crippen molar-refractivity contribution in [2.45, 2.75) is 4.90 Å². The van der Waals surface area contributed by atoms with Gasteiger partial charge >= 0.3 is 0 Å². The van der Waals surface area contributed by atoms with Crippen LogP contribution in [-0.4, -0.2) is 18.4 Å². The van der Waals surface area contributed by atoms with Gasteiger partial charge in [0.05, 0.1) is 5.02 Å². The average molecular weight is 270 g/mol. The van der Waals surface area contributed by atoms with Crippen LogP contribution in [0.2, 0.25) is 5.02 Å². The van der Waals surface area contributed by atoms with Gasteiger partial charge in [-0.2, -0.15) is 0 Å². The third kappa shape index (κ3) is 2.72. The molecule has 2 rings (SSSR count). The molecule has 0 unspecified atom stereocenters. The summed E-state index contributed by atoms with van der Waals surface area (Å²) in [7, 11) is -3.72. The molecule has 17 heavy (non-hydrogen) atoms. The van der Waals surface area contributed by atoms with Crippen LogP contribution in [0.5, 0.6) is 0 Å². The number of rotatable bonds is 3. The average Bonchev–Trinajstić information content (AvgIpc) is 2.30. The number of aromatic nitrogens is 2. The zero-order valence-electron chi connectivity index (χ0n) is 8.54. The largest absolute Gasteiger partial charge is 0.264 e. The molecule has 0 aliphatic heterocycles. The molecule has 1 heterocycles. The summed E-state index contributed by atoms with van der Waals surface area (Å²) in [4.78, 5) is 7.48. The van der Waals surface area contributed by atoms with Crippen LogP contribution in [0.25, 0.3) is 0 Å². The smallest absolute Gasteiger partial charge is 0.263 e. The Kier molecular flexibility index (Phi) is 3.26. The highest BCUT2D eigenvalue weighted by molar-refractivity contribution is 7.92. The normalized spacial score (nSPS) is 11.1. The lowest BCUT2D eigenvalue weighted by Crippen LogP contribution is -2.14. The molecule has 0 saturated carbocycles. The van der Waals surface area contributed by atoms with Gasteiger partial charge in [0, 0.05) is 6.20 Å². The number of benzene rings is 1. The van der Waals surface area contributed by atoms with E-state index in [0.29, 0.717) is 0 Å². The third-order valence-corrected chi connectivity index (χ3v) is 3.80. The van der Waals surface area contributed by atoms with Crippen molar-refractivity contribution in [1.29, 1.82) is 0 Å². The first kappa shape index (κ1) is 11.8. The minimum Gasteiger partial charge on any atom is -0.263 e. The van der Waals surface area contributed by atoms with Gasteiger partial charge in [-0.05, 0) is 18.2 Å². The number of sulfonamides is 1. The van der Waals surface area contributed by atoms with Gasteiger partial charge in [-0.15, -0.1) is 0 Å². The Bertz CT molecular complexity index is 616. The van der Waals surface area contributed by atoms with E-state index in [4.69, 9.17) is 11.6 Å². The van der Waals surface area contributed by atoms with E-state index in [9.17, 15) is 8.42 Å². The lowest BCUT2D eigenvalue weighted by molar-refractivity contribution is 0.601. The Morgan fingerprint density at radius 3 is 2.59 bits per heavy atom. The Balaban J connectivity index is 2.36. The second-order valence-electron chi connectivity index (χ2n) is 3.13. The molecule has 0 spiro atoms. The summed E-state index contributed by atoms with van der Waals surface area (Å²) in [6, 6.07) is 7.64. The van der Waals surface area contributed by atoms with Crippen molar-refractivity contribution >= 4 is 27.4 Å². The molecule has 0 atom stereocenters. The zero-order valence-corrected chi connectivity index (χ0v) is 10.1. The summed E-state index contributed by atoms with van der Waals surface area (Å²) in [6.07, 6.45) is 2.70. The van der Waals surface area contributed by atoms with E-state index in [1.165, 1.54) is 30.7 Å².